The lowest BCUT2D eigenvalue weighted by Gasteiger charge is -2.66. The number of carbonyl (C=O) groups is 1. The summed E-state index contributed by atoms with van der Waals surface area (Å²) in [7, 11) is 0. The number of piperidine rings is 1. The summed E-state index contributed by atoms with van der Waals surface area (Å²) in [4.78, 5) is 16.7. The molecule has 5 aliphatic carbocycles. The molecule has 2 saturated heterocycles. The van der Waals surface area contributed by atoms with Gasteiger partial charge in [-0.1, -0.05) is 43.7 Å². The molecule has 0 aromatic heterocycles. The van der Waals surface area contributed by atoms with Crippen LogP contribution in [0.15, 0.2) is 30.3 Å². The first kappa shape index (κ1) is 18.2. The van der Waals surface area contributed by atoms with Crippen LogP contribution in [0.4, 0.5) is 0 Å². The SMILES string of the molecule is CCC[C@]12CC3CC(C(=O)N[C@@H]4CN5CCC6CC645)(C1)C[C@@](c1ccccc1)(C3)C2. The summed E-state index contributed by atoms with van der Waals surface area (Å²) in [5.74, 6) is 2.04. The standard InChI is InChI=1S/C27H36N2O/c1-2-9-24-11-19-12-25(16-24,20-6-4-3-5-7-20)18-26(13-19,17-24)23(30)28-22-15-29-10-8-21-14-27(21,22)29/h3-7,19,21-22H,2,8-18H2,1H3,(H,28,30)/t19?,21?,22-,24-,25-,26?,27?/m1/s1. The molecule has 1 N–H and O–H groups in total. The van der Waals surface area contributed by atoms with Crippen molar-refractivity contribution in [2.24, 2.45) is 22.7 Å². The van der Waals surface area contributed by atoms with Crippen molar-refractivity contribution in [2.45, 2.75) is 88.1 Å². The van der Waals surface area contributed by atoms with Gasteiger partial charge in [0.2, 0.25) is 5.91 Å². The fourth-order valence-corrected chi connectivity index (χ4v) is 10.1. The van der Waals surface area contributed by atoms with E-state index in [1.165, 1.54) is 57.1 Å². The lowest BCUT2D eigenvalue weighted by molar-refractivity contribution is -0.166. The second kappa shape index (κ2) is 5.71. The monoisotopic (exact) mass is 404 g/mol. The molecule has 1 spiro atoms. The largest absolute Gasteiger partial charge is 0.350 e. The van der Waals surface area contributed by atoms with Crippen LogP contribution >= 0.6 is 0 Å². The van der Waals surface area contributed by atoms with Crippen molar-refractivity contribution in [3.05, 3.63) is 35.9 Å². The van der Waals surface area contributed by atoms with Gasteiger partial charge >= 0.3 is 0 Å². The van der Waals surface area contributed by atoms with Gasteiger partial charge in [0.25, 0.3) is 0 Å². The zero-order valence-corrected chi connectivity index (χ0v) is 18.5. The summed E-state index contributed by atoms with van der Waals surface area (Å²) in [6.45, 7) is 4.71. The smallest absolute Gasteiger partial charge is 0.226 e. The molecule has 5 saturated carbocycles. The Bertz CT molecular complexity index is 899. The molecule has 2 aliphatic heterocycles. The van der Waals surface area contributed by atoms with Crippen molar-refractivity contribution >= 4 is 5.91 Å². The van der Waals surface area contributed by atoms with Crippen molar-refractivity contribution in [1.29, 1.82) is 0 Å². The first-order valence-corrected chi connectivity index (χ1v) is 12.6. The molecule has 160 valence electrons. The van der Waals surface area contributed by atoms with E-state index in [-0.39, 0.29) is 10.8 Å². The van der Waals surface area contributed by atoms with Crippen LogP contribution in [0.3, 0.4) is 0 Å². The highest BCUT2D eigenvalue weighted by molar-refractivity contribution is 5.84. The van der Waals surface area contributed by atoms with Gasteiger partial charge in [0.15, 0.2) is 0 Å². The van der Waals surface area contributed by atoms with E-state index in [1.54, 1.807) is 0 Å². The van der Waals surface area contributed by atoms with Crippen LogP contribution in [0.2, 0.25) is 0 Å². The molecule has 8 rings (SSSR count). The third kappa shape index (κ3) is 2.18. The van der Waals surface area contributed by atoms with Crippen molar-refractivity contribution in [2.75, 3.05) is 13.1 Å². The zero-order valence-electron chi connectivity index (χ0n) is 18.5. The van der Waals surface area contributed by atoms with E-state index in [4.69, 9.17) is 0 Å². The van der Waals surface area contributed by atoms with Crippen LogP contribution in [-0.2, 0) is 10.2 Å². The van der Waals surface area contributed by atoms with Gasteiger partial charge in [-0.15, -0.1) is 0 Å². The first-order chi connectivity index (χ1) is 14.5. The molecule has 1 aromatic carbocycles. The molecule has 1 amide bonds. The number of amides is 1. The molecule has 7 aliphatic rings. The van der Waals surface area contributed by atoms with E-state index in [2.05, 4.69) is 47.5 Å². The lowest BCUT2D eigenvalue weighted by Crippen LogP contribution is -2.70. The normalized spacial score (nSPS) is 50.0. The zero-order chi connectivity index (χ0) is 20.2. The van der Waals surface area contributed by atoms with Crippen molar-refractivity contribution < 1.29 is 4.79 Å². The Morgan fingerprint density at radius 2 is 1.97 bits per heavy atom. The average molecular weight is 405 g/mol. The lowest BCUT2D eigenvalue weighted by atomic mass is 9.37. The number of nitrogens with one attached hydrogen (secondary N) is 1. The molecule has 0 radical (unpaired) electrons. The molecule has 4 bridgehead atoms. The van der Waals surface area contributed by atoms with Crippen molar-refractivity contribution in [3.8, 4) is 0 Å². The quantitative estimate of drug-likeness (QED) is 0.774. The number of rotatable bonds is 5. The topological polar surface area (TPSA) is 32.3 Å². The highest BCUT2D eigenvalue weighted by Crippen LogP contribution is 2.71. The Morgan fingerprint density at radius 3 is 2.73 bits per heavy atom. The Labute approximate surface area is 181 Å². The maximum absolute atomic E-state index is 14.0. The summed E-state index contributed by atoms with van der Waals surface area (Å²) >= 11 is 0. The fourth-order valence-electron chi connectivity index (χ4n) is 10.1. The molecule has 7 atom stereocenters. The highest BCUT2D eigenvalue weighted by atomic mass is 16.2. The van der Waals surface area contributed by atoms with Gasteiger partial charge in [-0.2, -0.15) is 0 Å². The highest BCUT2D eigenvalue weighted by Gasteiger charge is 2.73. The van der Waals surface area contributed by atoms with Crippen molar-refractivity contribution in [1.82, 2.24) is 10.2 Å². The number of carbonyl (C=O) groups excluding carboxylic acids is 1. The first-order valence-electron chi connectivity index (χ1n) is 12.6. The van der Waals surface area contributed by atoms with Crippen LogP contribution in [0.5, 0.6) is 0 Å². The second-order valence-electron chi connectivity index (χ2n) is 12.3. The second-order valence-corrected chi connectivity index (χ2v) is 12.3. The molecule has 30 heavy (non-hydrogen) atoms. The number of nitrogens with zero attached hydrogens (tertiary/aromatic N) is 1. The Kier molecular flexibility index (Phi) is 3.47. The molecule has 1 aromatic rings. The van der Waals surface area contributed by atoms with E-state index in [9.17, 15) is 4.79 Å². The van der Waals surface area contributed by atoms with Crippen LogP contribution in [0, 0.1) is 22.7 Å². The van der Waals surface area contributed by atoms with E-state index >= 15 is 0 Å². The predicted molar refractivity (Wildman–Crippen MR) is 118 cm³/mol. The van der Waals surface area contributed by atoms with Gasteiger partial charge in [-0.05, 0) is 92.6 Å². The summed E-state index contributed by atoms with van der Waals surface area (Å²) in [6, 6.07) is 11.7. The van der Waals surface area contributed by atoms with Gasteiger partial charge in [0, 0.05) is 12.1 Å². The number of hydrogen-bond donors (Lipinski definition) is 1. The third-order valence-corrected chi connectivity index (χ3v) is 10.6. The molecule has 3 heteroatoms. The summed E-state index contributed by atoms with van der Waals surface area (Å²) in [5, 5.41) is 3.67. The van der Waals surface area contributed by atoms with Crippen LogP contribution in [0.1, 0.15) is 76.7 Å². The molecular weight excluding hydrogens is 368 g/mol. The third-order valence-electron chi connectivity index (χ3n) is 10.6. The molecule has 4 unspecified atom stereocenters. The summed E-state index contributed by atoms with van der Waals surface area (Å²) in [6.07, 6.45) is 12.6. The van der Waals surface area contributed by atoms with Crippen LogP contribution in [-0.4, -0.2) is 35.5 Å². The number of hydrogen-bond acceptors (Lipinski definition) is 2. The Morgan fingerprint density at radius 1 is 1.10 bits per heavy atom. The van der Waals surface area contributed by atoms with E-state index in [0.717, 1.165) is 37.6 Å². The van der Waals surface area contributed by atoms with E-state index < -0.39 is 0 Å². The predicted octanol–water partition coefficient (Wildman–Crippen LogP) is 4.66. The Hall–Kier alpha value is -1.35. The average Bonchev–Trinajstić information content (AvgIpc) is 3.41. The summed E-state index contributed by atoms with van der Waals surface area (Å²) < 4.78 is 0. The van der Waals surface area contributed by atoms with Gasteiger partial charge in [-0.3, -0.25) is 9.69 Å². The van der Waals surface area contributed by atoms with Gasteiger partial charge in [0.1, 0.15) is 0 Å². The maximum Gasteiger partial charge on any atom is 0.226 e. The van der Waals surface area contributed by atoms with Gasteiger partial charge in [-0.25, -0.2) is 0 Å². The minimum absolute atomic E-state index is 0.121. The Balaban J connectivity index is 1.23. The molecule has 7 fully saturated rings. The van der Waals surface area contributed by atoms with E-state index in [1.807, 2.05) is 0 Å². The summed E-state index contributed by atoms with van der Waals surface area (Å²) in [5.41, 5.74) is 2.40. The van der Waals surface area contributed by atoms with Crippen LogP contribution < -0.4 is 5.32 Å². The van der Waals surface area contributed by atoms with E-state index in [0.29, 0.717) is 22.9 Å². The minimum atomic E-state index is -0.121. The molecule has 2 heterocycles. The minimum Gasteiger partial charge on any atom is -0.350 e. The molecular formula is C27H36N2O. The van der Waals surface area contributed by atoms with Gasteiger partial charge < -0.3 is 5.32 Å². The van der Waals surface area contributed by atoms with Crippen LogP contribution in [0.25, 0.3) is 0 Å². The maximum atomic E-state index is 14.0. The number of benzene rings is 1. The van der Waals surface area contributed by atoms with Gasteiger partial charge in [0.05, 0.1) is 11.5 Å². The fraction of sp³-hybridized carbons (Fsp3) is 0.741. The van der Waals surface area contributed by atoms with Crippen molar-refractivity contribution in [3.63, 3.8) is 0 Å². The molecule has 3 nitrogen and oxygen atoms in total.